The van der Waals surface area contributed by atoms with Crippen LogP contribution < -0.4 is 10.2 Å². The second-order valence-corrected chi connectivity index (χ2v) is 6.55. The van der Waals surface area contributed by atoms with Gasteiger partial charge in [-0.15, -0.1) is 0 Å². The van der Waals surface area contributed by atoms with Crippen LogP contribution in [0.4, 0.5) is 24.7 Å². The van der Waals surface area contributed by atoms with Crippen molar-refractivity contribution in [1.82, 2.24) is 4.98 Å². The summed E-state index contributed by atoms with van der Waals surface area (Å²) in [5.41, 5.74) is 1.13. The molecule has 0 amide bonds. The highest BCUT2D eigenvalue weighted by Gasteiger charge is 2.32. The molecule has 1 aliphatic heterocycles. The van der Waals surface area contributed by atoms with E-state index in [-0.39, 0.29) is 5.82 Å². The highest BCUT2D eigenvalue weighted by atomic mass is 79.9. The maximum Gasteiger partial charge on any atom is 0.433 e. The standard InChI is InChI=1S/C17H17BrF3N3O/c18-13-5-4-12(14(10-13)24-6-8-25-9-7-24)11-22-16-3-1-2-15(23-16)17(19,20)21/h1-5,10H,6-9,11H2,(H,22,23). The van der Waals surface area contributed by atoms with Crippen molar-refractivity contribution in [2.75, 3.05) is 36.5 Å². The number of alkyl halides is 3. The second-order valence-electron chi connectivity index (χ2n) is 5.63. The van der Waals surface area contributed by atoms with E-state index in [4.69, 9.17) is 4.74 Å². The smallest absolute Gasteiger partial charge is 0.378 e. The number of nitrogens with zero attached hydrogens (tertiary/aromatic N) is 2. The molecule has 0 unspecified atom stereocenters. The van der Waals surface area contributed by atoms with Crippen LogP contribution in [-0.2, 0) is 17.5 Å². The number of pyridine rings is 1. The van der Waals surface area contributed by atoms with E-state index in [0.717, 1.165) is 34.9 Å². The number of benzene rings is 1. The molecule has 1 fully saturated rings. The number of morpholine rings is 1. The number of hydrogen-bond donors (Lipinski definition) is 1. The van der Waals surface area contributed by atoms with Crippen molar-refractivity contribution in [2.24, 2.45) is 0 Å². The Bertz CT molecular complexity index is 733. The third-order valence-electron chi connectivity index (χ3n) is 3.90. The zero-order valence-electron chi connectivity index (χ0n) is 13.3. The Morgan fingerprint density at radius 1 is 1.16 bits per heavy atom. The van der Waals surface area contributed by atoms with Crippen molar-refractivity contribution in [3.63, 3.8) is 0 Å². The van der Waals surface area contributed by atoms with Crippen LogP contribution in [0.1, 0.15) is 11.3 Å². The summed E-state index contributed by atoms with van der Waals surface area (Å²) < 4.78 is 44.6. The van der Waals surface area contributed by atoms with Gasteiger partial charge in [0.15, 0.2) is 0 Å². The summed E-state index contributed by atoms with van der Waals surface area (Å²) in [4.78, 5) is 5.85. The maximum absolute atomic E-state index is 12.8. The molecule has 0 atom stereocenters. The summed E-state index contributed by atoms with van der Waals surface area (Å²) in [6.45, 7) is 3.27. The maximum atomic E-state index is 12.8. The number of nitrogens with one attached hydrogen (secondary N) is 1. The molecule has 0 radical (unpaired) electrons. The number of ether oxygens (including phenoxy) is 1. The van der Waals surface area contributed by atoms with Crippen molar-refractivity contribution in [3.05, 3.63) is 52.1 Å². The van der Waals surface area contributed by atoms with Crippen LogP contribution in [0.2, 0.25) is 0 Å². The molecule has 2 heterocycles. The van der Waals surface area contributed by atoms with E-state index in [2.05, 4.69) is 31.1 Å². The number of anilines is 2. The Balaban J connectivity index is 1.77. The van der Waals surface area contributed by atoms with Gasteiger partial charge in [0.25, 0.3) is 0 Å². The molecule has 2 aromatic rings. The number of hydrogen-bond acceptors (Lipinski definition) is 4. The first-order chi connectivity index (χ1) is 11.9. The van der Waals surface area contributed by atoms with Gasteiger partial charge in [0.05, 0.1) is 13.2 Å². The number of aromatic nitrogens is 1. The first-order valence-electron chi connectivity index (χ1n) is 7.83. The largest absolute Gasteiger partial charge is 0.433 e. The molecule has 1 saturated heterocycles. The normalized spacial score (nSPS) is 15.3. The highest BCUT2D eigenvalue weighted by molar-refractivity contribution is 9.10. The minimum absolute atomic E-state index is 0.200. The van der Waals surface area contributed by atoms with Gasteiger partial charge in [0.1, 0.15) is 11.5 Å². The Morgan fingerprint density at radius 3 is 2.64 bits per heavy atom. The SMILES string of the molecule is FC(F)(F)c1cccc(NCc2ccc(Br)cc2N2CCOCC2)n1. The summed E-state index contributed by atoms with van der Waals surface area (Å²) in [5, 5.41) is 2.99. The molecular weight excluding hydrogens is 399 g/mol. The summed E-state index contributed by atoms with van der Waals surface area (Å²) >= 11 is 3.47. The van der Waals surface area contributed by atoms with E-state index >= 15 is 0 Å². The van der Waals surface area contributed by atoms with Crippen molar-refractivity contribution in [3.8, 4) is 0 Å². The van der Waals surface area contributed by atoms with Gasteiger partial charge in [-0.3, -0.25) is 0 Å². The average molecular weight is 416 g/mol. The third-order valence-corrected chi connectivity index (χ3v) is 4.39. The van der Waals surface area contributed by atoms with Crippen LogP contribution in [0.5, 0.6) is 0 Å². The van der Waals surface area contributed by atoms with Crippen LogP contribution in [0.25, 0.3) is 0 Å². The van der Waals surface area contributed by atoms with Crippen molar-refractivity contribution in [2.45, 2.75) is 12.7 Å². The Morgan fingerprint density at radius 2 is 1.92 bits per heavy atom. The van der Waals surface area contributed by atoms with E-state index in [1.165, 1.54) is 12.1 Å². The van der Waals surface area contributed by atoms with Gasteiger partial charge in [-0.25, -0.2) is 4.98 Å². The van der Waals surface area contributed by atoms with Crippen LogP contribution in [0, 0.1) is 0 Å². The average Bonchev–Trinajstić information content (AvgIpc) is 2.61. The Labute approximate surface area is 152 Å². The lowest BCUT2D eigenvalue weighted by Gasteiger charge is -2.31. The van der Waals surface area contributed by atoms with Gasteiger partial charge in [-0.2, -0.15) is 13.2 Å². The van der Waals surface area contributed by atoms with E-state index in [9.17, 15) is 13.2 Å². The lowest BCUT2D eigenvalue weighted by Crippen LogP contribution is -2.36. The van der Waals surface area contributed by atoms with Crippen LogP contribution in [-0.4, -0.2) is 31.3 Å². The first-order valence-corrected chi connectivity index (χ1v) is 8.62. The van der Waals surface area contributed by atoms with Crippen molar-refractivity contribution in [1.29, 1.82) is 0 Å². The third kappa shape index (κ3) is 4.64. The Kier molecular flexibility index (Phi) is 5.48. The lowest BCUT2D eigenvalue weighted by atomic mass is 10.1. The molecule has 4 nitrogen and oxygen atoms in total. The summed E-state index contributed by atoms with van der Waals surface area (Å²) in [5.74, 6) is 0.200. The predicted octanol–water partition coefficient (Wildman–Crippen LogP) is 4.31. The predicted molar refractivity (Wildman–Crippen MR) is 93.7 cm³/mol. The van der Waals surface area contributed by atoms with Gasteiger partial charge in [0.2, 0.25) is 0 Å². The van der Waals surface area contributed by atoms with Crippen LogP contribution in [0.15, 0.2) is 40.9 Å². The molecule has 1 aromatic carbocycles. The van der Waals surface area contributed by atoms with E-state index in [1.54, 1.807) is 0 Å². The fourth-order valence-electron chi connectivity index (χ4n) is 2.66. The Hall–Kier alpha value is -1.80. The molecule has 0 saturated carbocycles. The molecule has 25 heavy (non-hydrogen) atoms. The first kappa shape index (κ1) is 18.0. The minimum Gasteiger partial charge on any atom is -0.378 e. The molecule has 3 rings (SSSR count). The molecule has 134 valence electrons. The molecular formula is C17H17BrF3N3O. The lowest BCUT2D eigenvalue weighted by molar-refractivity contribution is -0.141. The molecule has 8 heteroatoms. The summed E-state index contributed by atoms with van der Waals surface area (Å²) in [6.07, 6.45) is -4.45. The number of rotatable bonds is 4. The second kappa shape index (κ2) is 7.61. The quantitative estimate of drug-likeness (QED) is 0.806. The fourth-order valence-corrected chi connectivity index (χ4v) is 3.01. The van der Waals surface area contributed by atoms with Gasteiger partial charge < -0.3 is 15.0 Å². The summed E-state index contributed by atoms with van der Waals surface area (Å²) in [6, 6.07) is 9.73. The van der Waals surface area contributed by atoms with Crippen molar-refractivity contribution >= 4 is 27.4 Å². The van der Waals surface area contributed by atoms with Gasteiger partial charge in [-0.1, -0.05) is 28.1 Å². The molecule has 1 aromatic heterocycles. The number of halogens is 4. The molecule has 1 aliphatic rings. The van der Waals surface area contributed by atoms with E-state index in [1.807, 2.05) is 18.2 Å². The van der Waals surface area contributed by atoms with E-state index in [0.29, 0.717) is 19.8 Å². The minimum atomic E-state index is -4.45. The van der Waals surface area contributed by atoms with Crippen molar-refractivity contribution < 1.29 is 17.9 Å². The zero-order valence-corrected chi connectivity index (χ0v) is 14.9. The topological polar surface area (TPSA) is 37.4 Å². The molecule has 1 N–H and O–H groups in total. The van der Waals surface area contributed by atoms with Crippen LogP contribution >= 0.6 is 15.9 Å². The van der Waals surface area contributed by atoms with Gasteiger partial charge >= 0.3 is 6.18 Å². The van der Waals surface area contributed by atoms with Gasteiger partial charge in [-0.05, 0) is 29.8 Å². The van der Waals surface area contributed by atoms with E-state index < -0.39 is 11.9 Å². The van der Waals surface area contributed by atoms with Crippen LogP contribution in [0.3, 0.4) is 0 Å². The zero-order chi connectivity index (χ0) is 17.9. The summed E-state index contributed by atoms with van der Waals surface area (Å²) in [7, 11) is 0. The molecule has 0 aliphatic carbocycles. The monoisotopic (exact) mass is 415 g/mol. The highest BCUT2D eigenvalue weighted by Crippen LogP contribution is 2.29. The fraction of sp³-hybridized carbons (Fsp3) is 0.353. The van der Waals surface area contributed by atoms with Gasteiger partial charge in [0, 0.05) is 29.8 Å². The molecule has 0 bridgehead atoms. The molecule has 0 spiro atoms.